The molecule has 0 aliphatic rings. The molecule has 2 aromatic carbocycles. The van der Waals surface area contributed by atoms with Crippen LogP contribution < -0.4 is 4.72 Å². The average molecular weight is 445 g/mol. The van der Waals surface area contributed by atoms with E-state index < -0.39 is 32.5 Å². The predicted molar refractivity (Wildman–Crippen MR) is 102 cm³/mol. The molecule has 0 saturated carbocycles. The van der Waals surface area contributed by atoms with Gasteiger partial charge in [-0.25, -0.2) is 17.8 Å². The molecule has 0 amide bonds. The molecule has 0 atom stereocenters. The van der Waals surface area contributed by atoms with Gasteiger partial charge in [0.1, 0.15) is 11.6 Å². The molecule has 3 aromatic rings. The summed E-state index contributed by atoms with van der Waals surface area (Å²) < 4.78 is 79.7. The first-order chi connectivity index (χ1) is 13.5. The molecule has 0 saturated heterocycles. The van der Waals surface area contributed by atoms with E-state index in [2.05, 4.69) is 9.71 Å². The van der Waals surface area contributed by atoms with Gasteiger partial charge >= 0.3 is 6.18 Å². The standard InChI is InChI=1S/C19H13ClF4N2O2S/c1-11-5-7-15(20)17(18(11)21)12-6-8-16(25-10-12)26-29(27,28)14-4-2-3-13(9-14)19(22,23)24/h2-10H,1H3,(H,25,26). The minimum Gasteiger partial charge on any atom is -0.263 e. The summed E-state index contributed by atoms with van der Waals surface area (Å²) in [6.07, 6.45) is -3.46. The van der Waals surface area contributed by atoms with Crippen molar-refractivity contribution in [3.05, 3.63) is 76.7 Å². The fourth-order valence-electron chi connectivity index (χ4n) is 2.56. The van der Waals surface area contributed by atoms with E-state index in [0.29, 0.717) is 17.2 Å². The van der Waals surface area contributed by atoms with Crippen LogP contribution in [0.4, 0.5) is 23.4 Å². The highest BCUT2D eigenvalue weighted by molar-refractivity contribution is 7.92. The fourth-order valence-corrected chi connectivity index (χ4v) is 3.87. The molecule has 3 rings (SSSR count). The number of sulfonamides is 1. The van der Waals surface area contributed by atoms with Crippen molar-refractivity contribution in [2.75, 3.05) is 4.72 Å². The van der Waals surface area contributed by atoms with E-state index in [4.69, 9.17) is 11.6 Å². The maximum Gasteiger partial charge on any atom is 0.416 e. The summed E-state index contributed by atoms with van der Waals surface area (Å²) in [5, 5.41) is 0.159. The van der Waals surface area contributed by atoms with Crippen molar-refractivity contribution < 1.29 is 26.0 Å². The zero-order valence-corrected chi connectivity index (χ0v) is 16.3. The molecule has 0 bridgehead atoms. The quantitative estimate of drug-likeness (QED) is 0.527. The van der Waals surface area contributed by atoms with Crippen LogP contribution in [0.5, 0.6) is 0 Å². The summed E-state index contributed by atoms with van der Waals surface area (Å²) in [5.74, 6) is -0.674. The van der Waals surface area contributed by atoms with Crippen molar-refractivity contribution in [1.29, 1.82) is 0 Å². The molecule has 0 fully saturated rings. The molecule has 1 aromatic heterocycles. The lowest BCUT2D eigenvalue weighted by atomic mass is 10.0. The summed E-state index contributed by atoms with van der Waals surface area (Å²) in [6.45, 7) is 1.57. The summed E-state index contributed by atoms with van der Waals surface area (Å²) in [4.78, 5) is 3.35. The van der Waals surface area contributed by atoms with Crippen LogP contribution in [0.15, 0.2) is 59.6 Å². The van der Waals surface area contributed by atoms with Crippen molar-refractivity contribution in [2.45, 2.75) is 18.0 Å². The first kappa shape index (κ1) is 21.1. The lowest BCUT2D eigenvalue weighted by Crippen LogP contribution is -2.15. The van der Waals surface area contributed by atoms with Gasteiger partial charge < -0.3 is 0 Å². The Labute approximate surface area is 169 Å². The van der Waals surface area contributed by atoms with E-state index in [1.54, 1.807) is 6.92 Å². The molecule has 0 aliphatic heterocycles. The molecule has 0 unspecified atom stereocenters. The second kappa shape index (κ2) is 7.64. The number of anilines is 1. The van der Waals surface area contributed by atoms with Crippen LogP contribution in [0.3, 0.4) is 0 Å². The minimum atomic E-state index is -4.68. The number of aryl methyl sites for hydroxylation is 1. The molecule has 0 radical (unpaired) electrons. The van der Waals surface area contributed by atoms with E-state index >= 15 is 0 Å². The van der Waals surface area contributed by atoms with Crippen LogP contribution in [0, 0.1) is 12.7 Å². The lowest BCUT2D eigenvalue weighted by molar-refractivity contribution is -0.137. The van der Waals surface area contributed by atoms with E-state index in [0.717, 1.165) is 18.2 Å². The maximum absolute atomic E-state index is 14.4. The Balaban J connectivity index is 1.90. The Morgan fingerprint density at radius 3 is 2.41 bits per heavy atom. The van der Waals surface area contributed by atoms with Crippen molar-refractivity contribution >= 4 is 27.4 Å². The minimum absolute atomic E-state index is 0.117. The number of alkyl halides is 3. The van der Waals surface area contributed by atoms with Gasteiger partial charge in [0.05, 0.1) is 15.5 Å². The summed E-state index contributed by atoms with van der Waals surface area (Å²) >= 11 is 6.04. The van der Waals surface area contributed by atoms with E-state index in [9.17, 15) is 26.0 Å². The van der Waals surface area contributed by atoms with Gasteiger partial charge in [0.25, 0.3) is 10.0 Å². The third-order valence-electron chi connectivity index (χ3n) is 4.05. The van der Waals surface area contributed by atoms with Crippen LogP contribution in [0.2, 0.25) is 5.02 Å². The van der Waals surface area contributed by atoms with Gasteiger partial charge in [-0.3, -0.25) is 4.72 Å². The maximum atomic E-state index is 14.4. The molecular formula is C19H13ClF4N2O2S. The second-order valence-electron chi connectivity index (χ2n) is 6.12. The first-order valence-electron chi connectivity index (χ1n) is 8.10. The highest BCUT2D eigenvalue weighted by Gasteiger charge is 2.31. The van der Waals surface area contributed by atoms with Crippen molar-refractivity contribution in [1.82, 2.24) is 4.98 Å². The van der Waals surface area contributed by atoms with Gasteiger partial charge in [-0.05, 0) is 48.9 Å². The van der Waals surface area contributed by atoms with Crippen molar-refractivity contribution in [3.63, 3.8) is 0 Å². The van der Waals surface area contributed by atoms with Crippen LogP contribution in [0.1, 0.15) is 11.1 Å². The van der Waals surface area contributed by atoms with Gasteiger partial charge in [0.15, 0.2) is 0 Å². The number of nitrogens with one attached hydrogen (secondary N) is 1. The first-order valence-corrected chi connectivity index (χ1v) is 9.96. The van der Waals surface area contributed by atoms with Gasteiger partial charge in [0.2, 0.25) is 0 Å². The van der Waals surface area contributed by atoms with Crippen molar-refractivity contribution in [3.8, 4) is 11.1 Å². The van der Waals surface area contributed by atoms with Crippen molar-refractivity contribution in [2.24, 2.45) is 0 Å². The summed E-state index contributed by atoms with van der Waals surface area (Å²) in [5.41, 5.74) is -0.281. The smallest absolute Gasteiger partial charge is 0.263 e. The van der Waals surface area contributed by atoms with E-state index in [1.807, 2.05) is 0 Å². The van der Waals surface area contributed by atoms with Crippen LogP contribution in [0.25, 0.3) is 11.1 Å². The van der Waals surface area contributed by atoms with E-state index in [1.165, 1.54) is 30.5 Å². The van der Waals surface area contributed by atoms with Crippen LogP contribution in [-0.4, -0.2) is 13.4 Å². The monoisotopic (exact) mass is 444 g/mol. The fraction of sp³-hybridized carbons (Fsp3) is 0.105. The number of halogens is 5. The molecule has 152 valence electrons. The topological polar surface area (TPSA) is 59.1 Å². The summed E-state index contributed by atoms with van der Waals surface area (Å²) in [6, 6.07) is 9.04. The Kier molecular flexibility index (Phi) is 5.55. The molecule has 1 N–H and O–H groups in total. The van der Waals surface area contributed by atoms with Gasteiger partial charge in [-0.2, -0.15) is 13.2 Å². The molecular weight excluding hydrogens is 432 g/mol. The molecule has 10 heteroatoms. The normalized spacial score (nSPS) is 12.1. The SMILES string of the molecule is Cc1ccc(Cl)c(-c2ccc(NS(=O)(=O)c3cccc(C(F)(F)F)c3)nc2)c1F. The molecule has 1 heterocycles. The van der Waals surface area contributed by atoms with Crippen LogP contribution in [-0.2, 0) is 16.2 Å². The Bertz CT molecular complexity index is 1160. The number of nitrogens with zero attached hydrogens (tertiary/aromatic N) is 1. The number of hydrogen-bond donors (Lipinski definition) is 1. The Hall–Kier alpha value is -2.65. The zero-order chi connectivity index (χ0) is 21.4. The molecule has 29 heavy (non-hydrogen) atoms. The molecule has 0 aliphatic carbocycles. The number of hydrogen-bond acceptors (Lipinski definition) is 3. The van der Waals surface area contributed by atoms with E-state index in [-0.39, 0.29) is 16.4 Å². The largest absolute Gasteiger partial charge is 0.416 e. The third-order valence-corrected chi connectivity index (χ3v) is 5.71. The lowest BCUT2D eigenvalue weighted by Gasteiger charge is -2.12. The van der Waals surface area contributed by atoms with Gasteiger partial charge in [0, 0.05) is 17.3 Å². The Morgan fingerprint density at radius 2 is 1.79 bits per heavy atom. The Morgan fingerprint density at radius 1 is 1.07 bits per heavy atom. The predicted octanol–water partition coefficient (Wildman–Crippen LogP) is 5.67. The number of pyridine rings is 1. The number of rotatable bonds is 4. The van der Waals surface area contributed by atoms with Gasteiger partial charge in [-0.1, -0.05) is 23.7 Å². The highest BCUT2D eigenvalue weighted by Crippen LogP contribution is 2.33. The molecule has 0 spiro atoms. The third kappa shape index (κ3) is 4.51. The zero-order valence-electron chi connectivity index (χ0n) is 14.8. The van der Waals surface area contributed by atoms with Gasteiger partial charge in [-0.15, -0.1) is 0 Å². The highest BCUT2D eigenvalue weighted by atomic mass is 35.5. The molecule has 4 nitrogen and oxygen atoms in total. The summed E-state index contributed by atoms with van der Waals surface area (Å²) in [7, 11) is -4.31. The van der Waals surface area contributed by atoms with Crippen LogP contribution >= 0.6 is 11.6 Å². The second-order valence-corrected chi connectivity index (χ2v) is 8.21. The number of aromatic nitrogens is 1. The number of benzene rings is 2. The average Bonchev–Trinajstić information content (AvgIpc) is 2.66.